The van der Waals surface area contributed by atoms with Crippen molar-refractivity contribution in [1.82, 2.24) is 4.98 Å². The Hall–Kier alpha value is -1.05. The fourth-order valence-electron chi connectivity index (χ4n) is 2.38. The van der Waals surface area contributed by atoms with Gasteiger partial charge in [-0.15, -0.1) is 17.8 Å². The van der Waals surface area contributed by atoms with Gasteiger partial charge in [0.05, 0.1) is 5.75 Å². The van der Waals surface area contributed by atoms with Crippen molar-refractivity contribution in [2.75, 3.05) is 19.0 Å². The Morgan fingerprint density at radius 3 is 2.38 bits per heavy atom. The minimum atomic E-state index is -0.678. The van der Waals surface area contributed by atoms with Crippen LogP contribution in [0.1, 0.15) is 11.1 Å². The maximum atomic E-state index is 12.4. The van der Waals surface area contributed by atoms with Crippen LogP contribution in [0.2, 0.25) is 0 Å². The fraction of sp³-hybridized carbons (Fsp3) is 0.0769. The van der Waals surface area contributed by atoms with Gasteiger partial charge >= 0.3 is 103 Å². The second-order valence-electron chi connectivity index (χ2n) is 6.62. The summed E-state index contributed by atoms with van der Waals surface area (Å²) >= 11 is 0. The van der Waals surface area contributed by atoms with E-state index in [-0.39, 0.29) is 120 Å². The van der Waals surface area contributed by atoms with Crippen molar-refractivity contribution in [3.63, 3.8) is 0 Å². The van der Waals surface area contributed by atoms with E-state index in [1.54, 1.807) is 36.9 Å². The van der Waals surface area contributed by atoms with Crippen LogP contribution >= 0.6 is 0 Å². The molecule has 3 rings (SSSR count). The first kappa shape index (κ1) is 33.0. The van der Waals surface area contributed by atoms with Crippen LogP contribution in [0.4, 0.5) is 11.4 Å². The van der Waals surface area contributed by atoms with Gasteiger partial charge in [-0.25, -0.2) is 5.56 Å². The number of carbonyl (C=O) groups excluding carboxylic acids is 2. The van der Waals surface area contributed by atoms with Gasteiger partial charge in [-0.05, 0) is 18.0 Å². The Labute approximate surface area is 286 Å². The number of pyridine rings is 1. The van der Waals surface area contributed by atoms with Gasteiger partial charge in [0.1, 0.15) is 0 Å². The van der Waals surface area contributed by atoms with Gasteiger partial charge in [0.2, 0.25) is 0 Å². The molecule has 0 bridgehead atoms. The summed E-state index contributed by atoms with van der Waals surface area (Å²) in [4.78, 5) is 28.6. The number of aromatic hydroxyl groups is 1. The minimum Gasteiger partial charge on any atom is -0.692 e. The second-order valence-corrected chi connectivity index (χ2v) is 6.62. The first-order valence-electron chi connectivity index (χ1n) is 9.54. The van der Waals surface area contributed by atoms with E-state index in [1.807, 2.05) is 49.3 Å². The number of aromatic nitrogens is 1. The summed E-state index contributed by atoms with van der Waals surface area (Å²) in [5, 5.41) is 13.6. The van der Waals surface area contributed by atoms with Crippen LogP contribution in [0.15, 0.2) is 84.7 Å². The summed E-state index contributed by atoms with van der Waals surface area (Å²) in [6, 6.07) is 17.3. The van der Waals surface area contributed by atoms with Gasteiger partial charge in [0.15, 0.2) is 0 Å². The average Bonchev–Trinajstić information content (AvgIpc) is 2.79. The number of phenolic OH excluding ortho intramolecular Hbond substituents is 1. The van der Waals surface area contributed by atoms with Crippen LogP contribution < -0.4 is 108 Å². The van der Waals surface area contributed by atoms with Crippen LogP contribution in [-0.2, 0) is 9.59 Å². The topological polar surface area (TPSA) is 84.6 Å². The number of amides is 1. The van der Waals surface area contributed by atoms with E-state index < -0.39 is 5.91 Å². The molecule has 0 aliphatic carbocycles. The molecule has 34 heavy (non-hydrogen) atoms. The van der Waals surface area contributed by atoms with Gasteiger partial charge in [-0.1, -0.05) is 36.4 Å². The van der Waals surface area contributed by atoms with E-state index in [1.165, 1.54) is 12.1 Å². The molecule has 1 amide bonds. The van der Waals surface area contributed by atoms with Crippen molar-refractivity contribution in [1.29, 1.82) is 0 Å². The Morgan fingerprint density at radius 1 is 1.09 bits per heavy atom. The van der Waals surface area contributed by atoms with Gasteiger partial charge < -0.3 is 47.6 Å². The first-order chi connectivity index (χ1) is 15.4. The third-order valence-corrected chi connectivity index (χ3v) is 3.95. The fourth-order valence-corrected chi connectivity index (χ4v) is 2.38. The normalized spacial score (nSPS) is 10.1. The zero-order chi connectivity index (χ0) is 23.3. The van der Waals surface area contributed by atoms with E-state index in [0.29, 0.717) is 5.56 Å². The summed E-state index contributed by atoms with van der Waals surface area (Å²) in [5.41, 5.74) is 2.62. The smallest absolute Gasteiger partial charge is 0.692 e. The molecule has 0 atom stereocenters. The molecular weight excluding hydrogens is 481 g/mol. The molecule has 2 aromatic carbocycles. The molecule has 0 unspecified atom stereocenters. The van der Waals surface area contributed by atoms with Crippen LogP contribution in [0.3, 0.4) is 0 Å². The van der Waals surface area contributed by atoms with Crippen LogP contribution in [-0.4, -0.2) is 36.4 Å². The number of carbonyl (C=O) groups is 1. The van der Waals surface area contributed by atoms with Crippen molar-refractivity contribution < 1.29 is 117 Å². The molecule has 3 aromatic rings. The van der Waals surface area contributed by atoms with Gasteiger partial charge in [0.25, 0.3) is 0 Å². The van der Waals surface area contributed by atoms with E-state index in [4.69, 9.17) is 0 Å². The molecule has 1 aromatic heterocycles. The van der Waals surface area contributed by atoms with Crippen molar-refractivity contribution in [3.05, 3.63) is 120 Å². The number of rotatable bonds is 6. The Balaban J connectivity index is 0.00000104. The molecular formula is C26H22K2N3O3-3. The summed E-state index contributed by atoms with van der Waals surface area (Å²) in [7, 11) is 3.80. The zero-order valence-corrected chi connectivity index (χ0v) is 26.1. The molecule has 1 heterocycles. The predicted molar refractivity (Wildman–Crippen MR) is 125 cm³/mol. The SMILES string of the molecule is CN(C)c1cccc([C-]=C([C-]=C[C-]=O)C(=O)[N-]c2ccccc2O)c1.[CH2-]c1cccnc1.[K+].[K+]. The summed E-state index contributed by atoms with van der Waals surface area (Å²) in [6.07, 6.45) is 11.4. The molecule has 0 fully saturated rings. The Kier molecular flexibility index (Phi) is 17.7. The molecule has 0 radical (unpaired) electrons. The quantitative estimate of drug-likeness (QED) is 0.192. The maximum Gasteiger partial charge on any atom is 1.00 e. The molecule has 6 nitrogen and oxygen atoms in total. The number of allylic oxidation sites excluding steroid dienone is 1. The van der Waals surface area contributed by atoms with Gasteiger partial charge in [-0.2, -0.15) is 30.7 Å². The number of anilines is 1. The maximum absolute atomic E-state index is 12.4. The van der Waals surface area contributed by atoms with Crippen LogP contribution in [0, 0.1) is 19.1 Å². The molecule has 1 N–H and O–H groups in total. The minimum absolute atomic E-state index is 0. The molecule has 0 saturated heterocycles. The second kappa shape index (κ2) is 18.3. The zero-order valence-electron chi connectivity index (χ0n) is 19.8. The summed E-state index contributed by atoms with van der Waals surface area (Å²) in [6.45, 7) is 3.66. The predicted octanol–water partition coefficient (Wildman–Crippen LogP) is -1.49. The summed E-state index contributed by atoms with van der Waals surface area (Å²) < 4.78 is 0. The molecule has 164 valence electrons. The Bertz CT molecular complexity index is 1100. The third-order valence-electron chi connectivity index (χ3n) is 3.95. The number of hydrogen-bond donors (Lipinski definition) is 1. The largest absolute Gasteiger partial charge is 1.00 e. The first-order valence-corrected chi connectivity index (χ1v) is 9.54. The van der Waals surface area contributed by atoms with E-state index in [0.717, 1.165) is 17.3 Å². The average molecular weight is 503 g/mol. The standard InChI is InChI=1S/C20H17N2O3.C6H6N.2K/c1-22(2)17-9-5-7-15(14-17)13-16(8-6-12-23)20(25)21-18-10-3-4-11-19(18)24;1-6-3-2-4-7-5-6;;/h3-7,9-11,14H,1-2H3,(H2,21,24,25);2-5H,1H2;;/q-3;-1;2*+1/p-1. The molecule has 0 aliphatic rings. The van der Waals surface area contributed by atoms with Crippen molar-refractivity contribution in [2.24, 2.45) is 0 Å². The molecule has 0 aliphatic heterocycles. The van der Waals surface area contributed by atoms with E-state index >= 15 is 0 Å². The number of hydrogen-bond acceptors (Lipinski definition) is 5. The van der Waals surface area contributed by atoms with Crippen LogP contribution in [0.5, 0.6) is 5.75 Å². The van der Waals surface area contributed by atoms with Crippen molar-refractivity contribution in [2.45, 2.75) is 0 Å². The van der Waals surface area contributed by atoms with E-state index in [9.17, 15) is 14.7 Å². The number of benzene rings is 2. The van der Waals surface area contributed by atoms with Gasteiger partial charge in [0, 0.05) is 14.1 Å². The monoisotopic (exact) mass is 502 g/mol. The van der Waals surface area contributed by atoms with Crippen molar-refractivity contribution >= 4 is 23.6 Å². The molecule has 0 spiro atoms. The van der Waals surface area contributed by atoms with Gasteiger partial charge in [-0.3, -0.25) is 12.4 Å². The van der Waals surface area contributed by atoms with E-state index in [2.05, 4.69) is 29.4 Å². The van der Waals surface area contributed by atoms with Crippen LogP contribution in [0.25, 0.3) is 5.32 Å². The molecule has 8 heteroatoms. The number of para-hydroxylation sites is 2. The Morgan fingerprint density at radius 2 is 1.82 bits per heavy atom. The number of nitrogens with zero attached hydrogens (tertiary/aromatic N) is 3. The number of phenols is 1. The van der Waals surface area contributed by atoms with Crippen molar-refractivity contribution in [3.8, 4) is 5.75 Å². The third kappa shape index (κ3) is 12.1. The molecule has 0 saturated carbocycles. The summed E-state index contributed by atoms with van der Waals surface area (Å²) in [5.74, 6) is -0.793.